The Morgan fingerprint density at radius 2 is 1.53 bits per heavy atom. The molecule has 0 bridgehead atoms. The molecule has 1 N–H and O–H groups in total. The zero-order valence-corrected chi connectivity index (χ0v) is 19.1. The summed E-state index contributed by atoms with van der Waals surface area (Å²) in [5.41, 5.74) is 2.99. The third-order valence-corrected chi connectivity index (χ3v) is 5.32. The summed E-state index contributed by atoms with van der Waals surface area (Å²) in [4.78, 5) is 14.9. The van der Waals surface area contributed by atoms with E-state index in [0.29, 0.717) is 40.9 Å². The molecule has 0 saturated carbocycles. The van der Waals surface area contributed by atoms with Crippen molar-refractivity contribution < 1.29 is 9.53 Å². The molecule has 34 heavy (non-hydrogen) atoms. The van der Waals surface area contributed by atoms with Crippen LogP contribution in [0, 0.1) is 11.3 Å². The summed E-state index contributed by atoms with van der Waals surface area (Å²) in [6.45, 7) is 0.795. The van der Waals surface area contributed by atoms with Crippen LogP contribution < -0.4 is 10.1 Å². The first-order chi connectivity index (χ1) is 16.6. The molecule has 6 heteroatoms. The fourth-order valence-electron chi connectivity index (χ4n) is 3.44. The van der Waals surface area contributed by atoms with Crippen LogP contribution in [-0.2, 0) is 13.1 Å². The normalized spacial score (nSPS) is 10.2. The summed E-state index contributed by atoms with van der Waals surface area (Å²) in [5.74, 6) is 1.35. The molecule has 0 atom stereocenters. The molecule has 5 nitrogen and oxygen atoms in total. The number of rotatable bonds is 7. The Kier molecular flexibility index (Phi) is 7.44. The second-order valence-corrected chi connectivity index (χ2v) is 8.10. The number of urea groups is 1. The zero-order valence-electron chi connectivity index (χ0n) is 18.3. The van der Waals surface area contributed by atoms with Crippen LogP contribution in [0.25, 0.3) is 0 Å². The molecule has 0 heterocycles. The first-order valence-electron chi connectivity index (χ1n) is 10.7. The van der Waals surface area contributed by atoms with E-state index in [9.17, 15) is 4.79 Å². The minimum absolute atomic E-state index is 0.261. The highest BCUT2D eigenvalue weighted by Crippen LogP contribution is 2.25. The first kappa shape index (κ1) is 22.9. The maximum atomic E-state index is 13.2. The molecular formula is C28H22ClN3O2. The van der Waals surface area contributed by atoms with Gasteiger partial charge in [0.05, 0.1) is 11.6 Å². The molecule has 0 radical (unpaired) electrons. The van der Waals surface area contributed by atoms with E-state index in [4.69, 9.17) is 21.6 Å². The number of amides is 2. The predicted octanol–water partition coefficient (Wildman–Crippen LogP) is 7.24. The molecule has 0 aliphatic carbocycles. The number of halogens is 1. The lowest BCUT2D eigenvalue weighted by Crippen LogP contribution is -2.34. The zero-order chi connectivity index (χ0) is 23.8. The summed E-state index contributed by atoms with van der Waals surface area (Å²) >= 11 is 5.95. The second-order valence-electron chi connectivity index (χ2n) is 7.67. The van der Waals surface area contributed by atoms with Crippen molar-refractivity contribution in [3.05, 3.63) is 125 Å². The number of hydrogen-bond donors (Lipinski definition) is 1. The predicted molar refractivity (Wildman–Crippen MR) is 134 cm³/mol. The summed E-state index contributed by atoms with van der Waals surface area (Å²) in [6, 6.07) is 33.3. The van der Waals surface area contributed by atoms with Crippen LogP contribution in [0.2, 0.25) is 5.02 Å². The average molecular weight is 468 g/mol. The summed E-state index contributed by atoms with van der Waals surface area (Å²) in [6.07, 6.45) is 0. The number of carbonyl (C=O) groups is 1. The van der Waals surface area contributed by atoms with Crippen molar-refractivity contribution in [2.24, 2.45) is 0 Å². The molecule has 2 amide bonds. The lowest BCUT2D eigenvalue weighted by Gasteiger charge is -2.24. The molecular weight excluding hydrogens is 446 g/mol. The van der Waals surface area contributed by atoms with Gasteiger partial charge in [0.1, 0.15) is 11.5 Å². The Hall–Kier alpha value is -4.27. The molecule has 4 aromatic carbocycles. The molecule has 0 aromatic heterocycles. The van der Waals surface area contributed by atoms with Crippen molar-refractivity contribution in [2.45, 2.75) is 13.1 Å². The van der Waals surface area contributed by atoms with E-state index >= 15 is 0 Å². The van der Waals surface area contributed by atoms with Gasteiger partial charge in [0.2, 0.25) is 0 Å². The van der Waals surface area contributed by atoms with E-state index in [-0.39, 0.29) is 6.03 Å². The van der Waals surface area contributed by atoms with Gasteiger partial charge >= 0.3 is 6.03 Å². The van der Waals surface area contributed by atoms with Gasteiger partial charge in [-0.15, -0.1) is 0 Å². The van der Waals surface area contributed by atoms with Crippen molar-refractivity contribution in [1.82, 2.24) is 4.90 Å². The van der Waals surface area contributed by atoms with Gasteiger partial charge in [-0.2, -0.15) is 5.26 Å². The molecule has 0 saturated heterocycles. The summed E-state index contributed by atoms with van der Waals surface area (Å²) in [7, 11) is 0. The largest absolute Gasteiger partial charge is 0.457 e. The van der Waals surface area contributed by atoms with Gasteiger partial charge in [0.25, 0.3) is 0 Å². The van der Waals surface area contributed by atoms with E-state index in [2.05, 4.69) is 11.4 Å². The topological polar surface area (TPSA) is 65.4 Å². The van der Waals surface area contributed by atoms with Crippen LogP contribution in [0.4, 0.5) is 10.5 Å². The van der Waals surface area contributed by atoms with Gasteiger partial charge in [-0.05, 0) is 65.7 Å². The van der Waals surface area contributed by atoms with Gasteiger partial charge in [-0.3, -0.25) is 0 Å². The lowest BCUT2D eigenvalue weighted by atomic mass is 10.1. The minimum atomic E-state index is -0.261. The van der Waals surface area contributed by atoms with Crippen LogP contribution in [0.5, 0.6) is 11.5 Å². The number of nitrogens with one attached hydrogen (secondary N) is 1. The van der Waals surface area contributed by atoms with Gasteiger partial charge in [0.15, 0.2) is 0 Å². The maximum absolute atomic E-state index is 13.2. The number of benzene rings is 4. The van der Waals surface area contributed by atoms with E-state index < -0.39 is 0 Å². The quantitative estimate of drug-likeness (QED) is 0.311. The third kappa shape index (κ3) is 6.38. The Balaban J connectivity index is 1.53. The molecule has 0 fully saturated rings. The molecule has 0 aliphatic rings. The SMILES string of the molecule is N#Cc1cccc(NC(=O)N(Cc2ccccc2)Cc2cccc(Oc3ccc(Cl)cc3)c2)c1. The van der Waals surface area contributed by atoms with Gasteiger partial charge < -0.3 is 15.0 Å². The molecule has 4 aromatic rings. The standard InChI is InChI=1S/C28H22ClN3O2/c29-24-12-14-26(15-13-24)34-27-11-5-9-23(17-27)20-32(19-21-6-2-1-3-7-21)28(33)31-25-10-4-8-22(16-25)18-30/h1-17H,19-20H2,(H,31,33). The number of nitrogens with zero attached hydrogens (tertiary/aromatic N) is 2. The summed E-state index contributed by atoms with van der Waals surface area (Å²) in [5, 5.41) is 12.7. The number of hydrogen-bond acceptors (Lipinski definition) is 3. The van der Waals surface area contributed by atoms with Crippen LogP contribution in [-0.4, -0.2) is 10.9 Å². The summed E-state index contributed by atoms with van der Waals surface area (Å²) < 4.78 is 5.95. The number of carbonyl (C=O) groups excluding carboxylic acids is 1. The highest BCUT2D eigenvalue weighted by atomic mass is 35.5. The van der Waals surface area contributed by atoms with Crippen LogP contribution >= 0.6 is 11.6 Å². The molecule has 0 aliphatic heterocycles. The van der Waals surface area contributed by atoms with Crippen LogP contribution in [0.3, 0.4) is 0 Å². The van der Waals surface area contributed by atoms with E-state index in [1.165, 1.54) is 0 Å². The Morgan fingerprint density at radius 3 is 2.29 bits per heavy atom. The Bertz CT molecular complexity index is 1300. The van der Waals surface area contributed by atoms with E-state index in [1.54, 1.807) is 53.4 Å². The second kappa shape index (κ2) is 11.0. The van der Waals surface area contributed by atoms with Crippen molar-refractivity contribution in [3.8, 4) is 17.6 Å². The van der Waals surface area contributed by atoms with Crippen molar-refractivity contribution >= 4 is 23.3 Å². The first-order valence-corrected chi connectivity index (χ1v) is 11.1. The van der Waals surface area contributed by atoms with Gasteiger partial charge in [0, 0.05) is 23.8 Å². The van der Waals surface area contributed by atoms with Gasteiger partial charge in [-0.1, -0.05) is 60.1 Å². The van der Waals surface area contributed by atoms with E-state index in [0.717, 1.165) is 11.1 Å². The van der Waals surface area contributed by atoms with Crippen molar-refractivity contribution in [3.63, 3.8) is 0 Å². The lowest BCUT2D eigenvalue weighted by molar-refractivity contribution is 0.206. The fourth-order valence-corrected chi connectivity index (χ4v) is 3.56. The molecule has 168 valence electrons. The Labute approximate surface area is 203 Å². The smallest absolute Gasteiger partial charge is 0.322 e. The minimum Gasteiger partial charge on any atom is -0.457 e. The average Bonchev–Trinajstić information content (AvgIpc) is 2.86. The number of anilines is 1. The molecule has 0 unspecified atom stereocenters. The van der Waals surface area contributed by atoms with Crippen LogP contribution in [0.15, 0.2) is 103 Å². The highest BCUT2D eigenvalue weighted by molar-refractivity contribution is 6.30. The third-order valence-electron chi connectivity index (χ3n) is 5.07. The van der Waals surface area contributed by atoms with E-state index in [1.807, 2.05) is 54.6 Å². The number of nitriles is 1. The Morgan fingerprint density at radius 1 is 0.824 bits per heavy atom. The molecule has 4 rings (SSSR count). The monoisotopic (exact) mass is 467 g/mol. The fraction of sp³-hybridized carbons (Fsp3) is 0.0714. The van der Waals surface area contributed by atoms with Crippen molar-refractivity contribution in [1.29, 1.82) is 5.26 Å². The maximum Gasteiger partial charge on any atom is 0.322 e. The van der Waals surface area contributed by atoms with Crippen LogP contribution in [0.1, 0.15) is 16.7 Å². The number of ether oxygens (including phenoxy) is 1. The van der Waals surface area contributed by atoms with Gasteiger partial charge in [-0.25, -0.2) is 4.79 Å². The highest BCUT2D eigenvalue weighted by Gasteiger charge is 2.16. The molecule has 0 spiro atoms. The van der Waals surface area contributed by atoms with Crippen molar-refractivity contribution in [2.75, 3.05) is 5.32 Å².